The standard InChI is InChI=1S/C24H34O6S3/c25-9-11-27-13-15-29-17-19-31-21-1-5-23(6-2-21)33-24-7-3-22(4-8-24)32-20-18-30-16-14-28-12-10-26/h1-8,25-26H,9-20H2. The van der Waals surface area contributed by atoms with Crippen LogP contribution in [0, 0.1) is 0 Å². The Kier molecular flexibility index (Phi) is 16.9. The van der Waals surface area contributed by atoms with E-state index in [-0.39, 0.29) is 13.2 Å². The summed E-state index contributed by atoms with van der Waals surface area (Å²) in [6.07, 6.45) is 0. The molecule has 0 fully saturated rings. The van der Waals surface area contributed by atoms with Crippen molar-refractivity contribution in [3.05, 3.63) is 48.5 Å². The normalized spacial score (nSPS) is 11.2. The Balaban J connectivity index is 1.57. The molecule has 2 aromatic carbocycles. The fraction of sp³-hybridized carbons (Fsp3) is 0.500. The molecule has 0 aliphatic carbocycles. The van der Waals surface area contributed by atoms with E-state index in [0.717, 1.165) is 11.5 Å². The van der Waals surface area contributed by atoms with E-state index in [1.54, 1.807) is 35.3 Å². The number of thioether (sulfide) groups is 2. The first kappa shape index (κ1) is 28.5. The van der Waals surface area contributed by atoms with Crippen LogP contribution in [0.2, 0.25) is 0 Å². The van der Waals surface area contributed by atoms with Crippen LogP contribution < -0.4 is 0 Å². The molecule has 2 N–H and O–H groups in total. The van der Waals surface area contributed by atoms with Gasteiger partial charge in [0.25, 0.3) is 0 Å². The molecule has 0 bridgehead atoms. The zero-order chi connectivity index (χ0) is 23.4. The van der Waals surface area contributed by atoms with Crippen molar-refractivity contribution < 1.29 is 29.2 Å². The van der Waals surface area contributed by atoms with Gasteiger partial charge in [-0.1, -0.05) is 11.8 Å². The van der Waals surface area contributed by atoms with E-state index in [2.05, 4.69) is 48.5 Å². The molecule has 0 aliphatic rings. The molecular formula is C24H34O6S3. The number of benzene rings is 2. The number of ether oxygens (including phenoxy) is 4. The van der Waals surface area contributed by atoms with Gasteiger partial charge >= 0.3 is 0 Å². The second kappa shape index (κ2) is 19.5. The first-order chi connectivity index (χ1) is 16.3. The second-order valence-corrected chi connectivity index (χ2v) is 10.1. The van der Waals surface area contributed by atoms with E-state index in [4.69, 9.17) is 29.2 Å². The molecule has 0 heterocycles. The summed E-state index contributed by atoms with van der Waals surface area (Å²) >= 11 is 5.31. The lowest BCUT2D eigenvalue weighted by molar-refractivity contribution is 0.0377. The van der Waals surface area contributed by atoms with Crippen LogP contribution in [0.5, 0.6) is 0 Å². The van der Waals surface area contributed by atoms with E-state index in [0.29, 0.717) is 52.9 Å². The van der Waals surface area contributed by atoms with Gasteiger partial charge < -0.3 is 29.2 Å². The minimum absolute atomic E-state index is 0.0509. The van der Waals surface area contributed by atoms with E-state index < -0.39 is 0 Å². The van der Waals surface area contributed by atoms with Gasteiger partial charge in [-0.25, -0.2) is 0 Å². The summed E-state index contributed by atoms with van der Waals surface area (Å²) in [5.41, 5.74) is 0. The van der Waals surface area contributed by atoms with Gasteiger partial charge in [-0.15, -0.1) is 23.5 Å². The highest BCUT2D eigenvalue weighted by molar-refractivity contribution is 8.00. The maximum atomic E-state index is 8.63. The highest BCUT2D eigenvalue weighted by Gasteiger charge is 2.01. The predicted octanol–water partition coefficient (Wildman–Crippen LogP) is 4.07. The van der Waals surface area contributed by atoms with Gasteiger partial charge in [0.1, 0.15) is 0 Å². The third-order valence-corrected chi connectivity index (χ3v) is 7.06. The van der Waals surface area contributed by atoms with E-state index in [9.17, 15) is 0 Å². The van der Waals surface area contributed by atoms with Gasteiger partial charge in [-0.05, 0) is 48.5 Å². The van der Waals surface area contributed by atoms with Crippen molar-refractivity contribution in [1.29, 1.82) is 0 Å². The predicted molar refractivity (Wildman–Crippen MR) is 136 cm³/mol. The molecule has 2 rings (SSSR count). The Morgan fingerprint density at radius 3 is 1.15 bits per heavy atom. The molecule has 0 saturated carbocycles. The van der Waals surface area contributed by atoms with Crippen LogP contribution in [0.3, 0.4) is 0 Å². The first-order valence-electron chi connectivity index (χ1n) is 11.0. The number of hydrogen-bond acceptors (Lipinski definition) is 9. The number of rotatable bonds is 20. The lowest BCUT2D eigenvalue weighted by atomic mass is 10.4. The molecule has 6 nitrogen and oxygen atoms in total. The smallest absolute Gasteiger partial charge is 0.0701 e. The highest BCUT2D eigenvalue weighted by atomic mass is 32.2. The fourth-order valence-corrected chi connectivity index (χ4v) is 4.90. The molecule has 0 aliphatic heterocycles. The lowest BCUT2D eigenvalue weighted by Gasteiger charge is -2.07. The van der Waals surface area contributed by atoms with Crippen LogP contribution in [-0.2, 0) is 18.9 Å². The van der Waals surface area contributed by atoms with Gasteiger partial charge in [0.15, 0.2) is 0 Å². The SMILES string of the molecule is OCCOCCOCCSc1ccc(Sc2ccc(SCCOCCOCCO)cc2)cc1. The quantitative estimate of drug-likeness (QED) is 0.201. The molecule has 2 aromatic rings. The minimum Gasteiger partial charge on any atom is -0.394 e. The average Bonchev–Trinajstić information content (AvgIpc) is 2.84. The topological polar surface area (TPSA) is 77.4 Å². The fourth-order valence-electron chi connectivity index (χ4n) is 2.55. The van der Waals surface area contributed by atoms with E-state index >= 15 is 0 Å². The maximum absolute atomic E-state index is 8.63. The van der Waals surface area contributed by atoms with Crippen molar-refractivity contribution in [1.82, 2.24) is 0 Å². The maximum Gasteiger partial charge on any atom is 0.0701 e. The molecule has 0 aromatic heterocycles. The lowest BCUT2D eigenvalue weighted by Crippen LogP contribution is -2.08. The van der Waals surface area contributed by atoms with Gasteiger partial charge in [-0.2, -0.15) is 0 Å². The summed E-state index contributed by atoms with van der Waals surface area (Å²) in [5.74, 6) is 1.79. The van der Waals surface area contributed by atoms with Gasteiger partial charge in [0.05, 0.1) is 66.1 Å². The highest BCUT2D eigenvalue weighted by Crippen LogP contribution is 2.31. The summed E-state index contributed by atoms with van der Waals surface area (Å²) in [4.78, 5) is 4.89. The number of aliphatic hydroxyl groups is 2. The Bertz CT molecular complexity index is 654. The molecular weight excluding hydrogens is 480 g/mol. The molecule has 0 spiro atoms. The minimum atomic E-state index is 0.0509. The molecule has 184 valence electrons. The summed E-state index contributed by atoms with van der Waals surface area (Å²) in [7, 11) is 0. The summed E-state index contributed by atoms with van der Waals surface area (Å²) in [5, 5.41) is 17.3. The summed E-state index contributed by atoms with van der Waals surface area (Å²) in [6, 6.07) is 17.2. The molecule has 0 unspecified atom stereocenters. The third kappa shape index (κ3) is 14.3. The second-order valence-electron chi connectivity index (χ2n) is 6.64. The van der Waals surface area contributed by atoms with E-state index in [1.165, 1.54) is 19.6 Å². The van der Waals surface area contributed by atoms with Gasteiger partial charge in [0.2, 0.25) is 0 Å². The van der Waals surface area contributed by atoms with Crippen molar-refractivity contribution in [2.45, 2.75) is 19.6 Å². The molecule has 9 heteroatoms. The van der Waals surface area contributed by atoms with Crippen molar-refractivity contribution in [2.24, 2.45) is 0 Å². The Hall–Kier alpha value is -0.750. The van der Waals surface area contributed by atoms with Crippen LogP contribution >= 0.6 is 35.3 Å². The Morgan fingerprint density at radius 2 is 0.788 bits per heavy atom. The molecule has 0 saturated heterocycles. The van der Waals surface area contributed by atoms with Crippen LogP contribution in [0.4, 0.5) is 0 Å². The monoisotopic (exact) mass is 514 g/mol. The zero-order valence-electron chi connectivity index (χ0n) is 18.9. The Morgan fingerprint density at radius 1 is 0.455 bits per heavy atom. The van der Waals surface area contributed by atoms with Crippen LogP contribution in [0.25, 0.3) is 0 Å². The largest absolute Gasteiger partial charge is 0.394 e. The van der Waals surface area contributed by atoms with Crippen LogP contribution in [-0.4, -0.2) is 87.8 Å². The van der Waals surface area contributed by atoms with Crippen molar-refractivity contribution in [3.8, 4) is 0 Å². The van der Waals surface area contributed by atoms with Crippen molar-refractivity contribution >= 4 is 35.3 Å². The van der Waals surface area contributed by atoms with Crippen molar-refractivity contribution in [3.63, 3.8) is 0 Å². The van der Waals surface area contributed by atoms with Crippen LogP contribution in [0.1, 0.15) is 0 Å². The molecule has 0 atom stereocenters. The number of hydrogen-bond donors (Lipinski definition) is 2. The Labute approximate surface area is 209 Å². The molecule has 0 amide bonds. The molecule has 33 heavy (non-hydrogen) atoms. The summed E-state index contributed by atoms with van der Waals surface area (Å²) < 4.78 is 21.3. The zero-order valence-corrected chi connectivity index (χ0v) is 21.3. The summed E-state index contributed by atoms with van der Waals surface area (Å²) in [6.45, 7) is 4.35. The first-order valence-corrected chi connectivity index (χ1v) is 13.8. The number of aliphatic hydroxyl groups excluding tert-OH is 2. The molecule has 0 radical (unpaired) electrons. The van der Waals surface area contributed by atoms with Crippen LogP contribution in [0.15, 0.2) is 68.1 Å². The van der Waals surface area contributed by atoms with Gasteiger partial charge in [0, 0.05) is 31.1 Å². The third-order valence-electron chi connectivity index (χ3n) is 4.09. The van der Waals surface area contributed by atoms with Gasteiger partial charge in [-0.3, -0.25) is 0 Å². The average molecular weight is 515 g/mol. The van der Waals surface area contributed by atoms with E-state index in [1.807, 2.05) is 0 Å². The van der Waals surface area contributed by atoms with Crippen molar-refractivity contribution in [2.75, 3.05) is 77.6 Å².